The summed E-state index contributed by atoms with van der Waals surface area (Å²) in [6.07, 6.45) is 6.93. The van der Waals surface area contributed by atoms with E-state index < -0.39 is 0 Å². The van der Waals surface area contributed by atoms with E-state index in [2.05, 4.69) is 5.32 Å². The van der Waals surface area contributed by atoms with E-state index in [9.17, 15) is 4.79 Å². The zero-order valence-corrected chi connectivity index (χ0v) is 11.5. The Morgan fingerprint density at radius 2 is 1.89 bits per heavy atom. The van der Waals surface area contributed by atoms with E-state index in [1.807, 2.05) is 30.3 Å². The Morgan fingerprint density at radius 3 is 2.53 bits per heavy atom. The van der Waals surface area contributed by atoms with Crippen LogP contribution in [0.1, 0.15) is 50.1 Å². The van der Waals surface area contributed by atoms with Crippen LogP contribution >= 0.6 is 0 Å². The van der Waals surface area contributed by atoms with Crippen LogP contribution in [-0.2, 0) is 4.79 Å². The third kappa shape index (κ3) is 4.35. The molecule has 19 heavy (non-hydrogen) atoms. The topological polar surface area (TPSA) is 55.1 Å². The summed E-state index contributed by atoms with van der Waals surface area (Å²) in [7, 11) is 0. The first kappa shape index (κ1) is 14.1. The maximum absolute atomic E-state index is 12.1. The third-order valence-corrected chi connectivity index (χ3v) is 3.97. The monoisotopic (exact) mass is 260 g/mol. The van der Waals surface area contributed by atoms with Crippen molar-refractivity contribution in [3.8, 4) is 0 Å². The number of hydrogen-bond donors (Lipinski definition) is 2. The van der Waals surface area contributed by atoms with E-state index in [-0.39, 0.29) is 11.9 Å². The van der Waals surface area contributed by atoms with Crippen LogP contribution in [0, 0.1) is 5.92 Å². The normalized spacial score (nSPS) is 17.9. The summed E-state index contributed by atoms with van der Waals surface area (Å²) in [6, 6.07) is 9.89. The van der Waals surface area contributed by atoms with Crippen LogP contribution in [0.5, 0.6) is 0 Å². The van der Waals surface area contributed by atoms with Crippen LogP contribution in [0.4, 0.5) is 0 Å². The van der Waals surface area contributed by atoms with Crippen molar-refractivity contribution in [1.29, 1.82) is 0 Å². The summed E-state index contributed by atoms with van der Waals surface area (Å²) in [4.78, 5) is 12.1. The molecule has 1 atom stereocenters. The molecule has 0 aromatic heterocycles. The molecular weight excluding hydrogens is 236 g/mol. The van der Waals surface area contributed by atoms with E-state index in [1.54, 1.807) is 0 Å². The lowest BCUT2D eigenvalue weighted by atomic mass is 9.87. The van der Waals surface area contributed by atoms with Crippen molar-refractivity contribution in [3.63, 3.8) is 0 Å². The van der Waals surface area contributed by atoms with Crippen molar-refractivity contribution < 1.29 is 4.79 Å². The molecule has 1 fully saturated rings. The van der Waals surface area contributed by atoms with Gasteiger partial charge < -0.3 is 11.1 Å². The quantitative estimate of drug-likeness (QED) is 0.855. The smallest absolute Gasteiger partial charge is 0.220 e. The Kier molecular flexibility index (Phi) is 5.40. The summed E-state index contributed by atoms with van der Waals surface area (Å²) < 4.78 is 0. The lowest BCUT2D eigenvalue weighted by Gasteiger charge is -2.23. The van der Waals surface area contributed by atoms with E-state index in [4.69, 9.17) is 5.73 Å². The molecule has 1 aliphatic rings. The summed E-state index contributed by atoms with van der Waals surface area (Å²) >= 11 is 0. The van der Waals surface area contributed by atoms with Gasteiger partial charge >= 0.3 is 0 Å². The Morgan fingerprint density at radius 1 is 1.21 bits per heavy atom. The molecule has 3 nitrogen and oxygen atoms in total. The molecule has 104 valence electrons. The number of benzene rings is 1. The molecule has 3 N–H and O–H groups in total. The Hall–Kier alpha value is -1.35. The Bertz CT molecular complexity index is 385. The number of amides is 1. The minimum Gasteiger partial charge on any atom is -0.348 e. The summed E-state index contributed by atoms with van der Waals surface area (Å²) in [5.74, 6) is 0.717. The van der Waals surface area contributed by atoms with Gasteiger partial charge in [0.25, 0.3) is 0 Å². The predicted molar refractivity (Wildman–Crippen MR) is 77.6 cm³/mol. The highest BCUT2D eigenvalue weighted by Gasteiger charge is 2.19. The highest BCUT2D eigenvalue weighted by Crippen LogP contribution is 2.26. The molecule has 1 aliphatic carbocycles. The number of carbonyl (C=O) groups excluding carboxylic acids is 1. The second-order valence-corrected chi connectivity index (χ2v) is 5.47. The summed E-state index contributed by atoms with van der Waals surface area (Å²) in [6.45, 7) is 0.445. The van der Waals surface area contributed by atoms with Crippen molar-refractivity contribution in [2.24, 2.45) is 11.7 Å². The molecule has 2 rings (SSSR count). The molecule has 0 spiro atoms. The van der Waals surface area contributed by atoms with Crippen molar-refractivity contribution in [2.75, 3.05) is 6.54 Å². The van der Waals surface area contributed by atoms with E-state index in [1.165, 1.54) is 32.1 Å². The van der Waals surface area contributed by atoms with Gasteiger partial charge in [0.2, 0.25) is 5.91 Å². The first-order valence-electron chi connectivity index (χ1n) is 7.34. The van der Waals surface area contributed by atoms with Gasteiger partial charge in [-0.2, -0.15) is 0 Å². The number of nitrogens with two attached hydrogens (primary N) is 1. The van der Waals surface area contributed by atoms with Gasteiger partial charge in [0.05, 0.1) is 6.04 Å². The number of carbonyl (C=O) groups is 1. The standard InChI is InChI=1S/C16H24N2O/c17-12-15(14-9-5-2-6-10-14)18-16(19)11-13-7-3-1-4-8-13/h2,5-6,9-10,13,15H,1,3-4,7-8,11-12,17H2,(H,18,19). The second kappa shape index (κ2) is 7.29. The average molecular weight is 260 g/mol. The average Bonchev–Trinajstić information content (AvgIpc) is 2.47. The van der Waals surface area contributed by atoms with Gasteiger partial charge in [-0.1, -0.05) is 49.6 Å². The van der Waals surface area contributed by atoms with Crippen molar-refractivity contribution in [1.82, 2.24) is 5.32 Å². The molecular formula is C16H24N2O. The first-order chi connectivity index (χ1) is 9.29. The zero-order valence-electron chi connectivity index (χ0n) is 11.5. The van der Waals surface area contributed by atoms with Gasteiger partial charge in [-0.15, -0.1) is 0 Å². The molecule has 0 saturated heterocycles. The van der Waals surface area contributed by atoms with Gasteiger partial charge in [-0.3, -0.25) is 4.79 Å². The molecule has 0 bridgehead atoms. The molecule has 1 aromatic rings. The number of rotatable bonds is 5. The zero-order chi connectivity index (χ0) is 13.5. The molecule has 0 heterocycles. The number of hydrogen-bond acceptors (Lipinski definition) is 2. The van der Waals surface area contributed by atoms with Crippen LogP contribution in [0.3, 0.4) is 0 Å². The van der Waals surface area contributed by atoms with Crippen LogP contribution in [-0.4, -0.2) is 12.5 Å². The van der Waals surface area contributed by atoms with E-state index in [0.717, 1.165) is 5.56 Å². The largest absolute Gasteiger partial charge is 0.348 e. The van der Waals surface area contributed by atoms with Gasteiger partial charge in [0.1, 0.15) is 0 Å². The SMILES string of the molecule is NCC(NC(=O)CC1CCCCC1)c1ccccc1. The van der Waals surface area contributed by atoms with Gasteiger partial charge in [0.15, 0.2) is 0 Å². The highest BCUT2D eigenvalue weighted by atomic mass is 16.1. The van der Waals surface area contributed by atoms with Gasteiger partial charge in [0, 0.05) is 13.0 Å². The Labute approximate surface area is 115 Å². The Balaban J connectivity index is 1.85. The fraction of sp³-hybridized carbons (Fsp3) is 0.562. The predicted octanol–water partition coefficient (Wildman–Crippen LogP) is 2.77. The van der Waals surface area contributed by atoms with E-state index in [0.29, 0.717) is 18.9 Å². The van der Waals surface area contributed by atoms with Crippen molar-refractivity contribution >= 4 is 5.91 Å². The van der Waals surface area contributed by atoms with E-state index >= 15 is 0 Å². The lowest BCUT2D eigenvalue weighted by molar-refractivity contribution is -0.122. The molecule has 0 radical (unpaired) electrons. The molecule has 1 unspecified atom stereocenters. The van der Waals surface area contributed by atoms with Gasteiger partial charge in [-0.25, -0.2) is 0 Å². The molecule has 1 saturated carbocycles. The van der Waals surface area contributed by atoms with Crippen molar-refractivity contribution in [2.45, 2.75) is 44.6 Å². The molecule has 1 amide bonds. The maximum atomic E-state index is 12.1. The fourth-order valence-electron chi connectivity index (χ4n) is 2.87. The van der Waals surface area contributed by atoms with Gasteiger partial charge in [-0.05, 0) is 24.3 Å². The number of nitrogens with one attached hydrogen (secondary N) is 1. The fourth-order valence-corrected chi connectivity index (χ4v) is 2.87. The minimum atomic E-state index is -0.0581. The van der Waals surface area contributed by atoms with Crippen LogP contribution in [0.2, 0.25) is 0 Å². The summed E-state index contributed by atoms with van der Waals surface area (Å²) in [5.41, 5.74) is 6.86. The van der Waals surface area contributed by atoms with Crippen LogP contribution in [0.25, 0.3) is 0 Å². The first-order valence-corrected chi connectivity index (χ1v) is 7.34. The molecule has 0 aliphatic heterocycles. The van der Waals surface area contributed by atoms with Crippen LogP contribution in [0.15, 0.2) is 30.3 Å². The third-order valence-electron chi connectivity index (χ3n) is 3.97. The van der Waals surface area contributed by atoms with Crippen molar-refractivity contribution in [3.05, 3.63) is 35.9 Å². The minimum absolute atomic E-state index is 0.0581. The summed E-state index contributed by atoms with van der Waals surface area (Å²) in [5, 5.41) is 3.07. The lowest BCUT2D eigenvalue weighted by Crippen LogP contribution is -2.34. The highest BCUT2D eigenvalue weighted by molar-refractivity contribution is 5.76. The molecule has 1 aromatic carbocycles. The molecule has 3 heteroatoms. The van der Waals surface area contributed by atoms with Crippen LogP contribution < -0.4 is 11.1 Å². The maximum Gasteiger partial charge on any atom is 0.220 e. The second-order valence-electron chi connectivity index (χ2n) is 5.47.